The Morgan fingerprint density at radius 2 is 1.14 bits per heavy atom. The topological polar surface area (TPSA) is 363 Å². The summed E-state index contributed by atoms with van der Waals surface area (Å²) >= 11 is 0. The van der Waals surface area contributed by atoms with E-state index in [-0.39, 0.29) is 28.6 Å². The second kappa shape index (κ2) is 20.3. The predicted octanol–water partition coefficient (Wildman–Crippen LogP) is -2.19. The molecule has 0 amide bonds. The number of ether oxygens (including phenoxy) is 9. The van der Waals surface area contributed by atoms with Gasteiger partial charge in [0, 0.05) is 16.7 Å². The molecule has 5 aliphatic heterocycles. The van der Waals surface area contributed by atoms with Crippen LogP contribution < -0.4 is 0 Å². The van der Waals surface area contributed by atoms with E-state index in [9.17, 15) is 71.2 Å². The highest BCUT2D eigenvalue weighted by molar-refractivity contribution is 5.59. The van der Waals surface area contributed by atoms with Crippen LogP contribution in [0.1, 0.15) is 113 Å². The van der Waals surface area contributed by atoms with Gasteiger partial charge >= 0.3 is 0 Å². The van der Waals surface area contributed by atoms with Crippen molar-refractivity contribution in [2.45, 2.75) is 253 Å². The number of carbonyl (C=O) groups is 1. The Kier molecular flexibility index (Phi) is 15.5. The van der Waals surface area contributed by atoms with Gasteiger partial charge in [-0.15, -0.1) is 0 Å². The fraction of sp³-hybridized carbons (Fsp3) is 0.981. The van der Waals surface area contributed by atoms with Gasteiger partial charge in [0.25, 0.3) is 0 Å². The highest BCUT2D eigenvalue weighted by atomic mass is 16.8. The van der Waals surface area contributed by atoms with Gasteiger partial charge in [0.1, 0.15) is 91.7 Å². The summed E-state index contributed by atoms with van der Waals surface area (Å²) in [5, 5.41) is 143. The van der Waals surface area contributed by atoms with E-state index >= 15 is 0 Å². The van der Waals surface area contributed by atoms with Crippen molar-refractivity contribution in [2.24, 2.45) is 50.2 Å². The van der Waals surface area contributed by atoms with Crippen LogP contribution in [0.3, 0.4) is 0 Å². The van der Waals surface area contributed by atoms with Crippen LogP contribution in [-0.4, -0.2) is 233 Å². The molecule has 0 aromatic carbocycles. The molecule has 1 unspecified atom stereocenters. The van der Waals surface area contributed by atoms with E-state index in [2.05, 4.69) is 34.6 Å². The Labute approximate surface area is 442 Å². The van der Waals surface area contributed by atoms with Gasteiger partial charge in [-0.3, -0.25) is 0 Å². The predicted molar refractivity (Wildman–Crippen MR) is 256 cm³/mol. The Bertz CT molecular complexity index is 2090. The molecule has 10 fully saturated rings. The molecule has 436 valence electrons. The fourth-order valence-electron chi connectivity index (χ4n) is 17.7. The average Bonchev–Trinajstić information content (AvgIpc) is 3.85. The van der Waals surface area contributed by atoms with Gasteiger partial charge < -0.3 is 114 Å². The number of aliphatic hydroxyl groups excluding tert-OH is 13. The van der Waals surface area contributed by atoms with Crippen molar-refractivity contribution >= 4 is 6.29 Å². The van der Waals surface area contributed by atoms with E-state index in [1.807, 2.05) is 6.92 Å². The molecule has 5 saturated carbocycles. The highest BCUT2D eigenvalue weighted by Crippen LogP contribution is 2.81. The monoisotopic (exact) mass is 1090 g/mol. The van der Waals surface area contributed by atoms with Crippen LogP contribution in [-0.2, 0) is 47.4 Å². The minimum absolute atomic E-state index is 0.0697. The first-order valence-electron chi connectivity index (χ1n) is 27.7. The Morgan fingerprint density at radius 1 is 0.553 bits per heavy atom. The molecule has 2 bridgehead atoms. The number of fused-ring (bicyclic) bond motifs is 4. The fourth-order valence-corrected chi connectivity index (χ4v) is 17.7. The zero-order chi connectivity index (χ0) is 55.2. The SMILES string of the molecule is C[C@@H]1O[C@@H](O[C@H]2[C@H](O[C@H]3CO[C@@H](O[C@H]4CC[C@@]5(C)[C@H]6CC[C@]78O[C@H](O)C9(CC[C@](C)(C=O)C[C@H]97)[C@H](O)C[C@@]8(C)[C@]6(C)CC[C@H]5C4(C)C)[C@H](O[C@@H]4O[C@H](CO)[C@@H](O)[C@H](O)[C@H]4O)[C@H]3O)O[C@H](CO)[C@@H](O)[C@@H]2O)[C@H](O)[C@H](O)[C@H]1O. The Hall–Kier alpha value is -1.21. The maximum Gasteiger partial charge on any atom is 0.187 e. The summed E-state index contributed by atoms with van der Waals surface area (Å²) in [5.74, 6) is 0.0326. The van der Waals surface area contributed by atoms with Crippen LogP contribution in [0.5, 0.6) is 0 Å². The molecule has 5 heterocycles. The number of carbonyl (C=O) groups excluding carboxylic acids is 1. The quantitative estimate of drug-likeness (QED) is 0.0772. The number of hydrogen-bond donors (Lipinski definition) is 13. The number of rotatable bonds is 11. The van der Waals surface area contributed by atoms with Gasteiger partial charge in [0.2, 0.25) is 0 Å². The second-order valence-electron chi connectivity index (χ2n) is 26.3. The maximum atomic E-state index is 12.6. The summed E-state index contributed by atoms with van der Waals surface area (Å²) < 4.78 is 55.9. The first-order chi connectivity index (χ1) is 35.6. The molecule has 0 aromatic heterocycles. The van der Waals surface area contributed by atoms with Gasteiger partial charge in [-0.25, -0.2) is 0 Å². The average molecular weight is 1090 g/mol. The second-order valence-corrected chi connectivity index (χ2v) is 26.3. The molecule has 5 aliphatic carbocycles. The maximum absolute atomic E-state index is 12.6. The molecule has 10 aliphatic rings. The molecule has 31 atom stereocenters. The Balaban J connectivity index is 0.906. The van der Waals surface area contributed by atoms with Gasteiger partial charge in [-0.05, 0) is 99.2 Å². The number of aldehydes is 1. The summed E-state index contributed by atoms with van der Waals surface area (Å²) in [6.45, 7) is 12.6. The summed E-state index contributed by atoms with van der Waals surface area (Å²) in [5.41, 5.74) is -3.89. The molecular weight excluding hydrogens is 1000 g/mol. The van der Waals surface area contributed by atoms with Crippen LogP contribution in [0.25, 0.3) is 0 Å². The molecular formula is C53H86O23. The van der Waals surface area contributed by atoms with E-state index in [1.165, 1.54) is 6.92 Å². The van der Waals surface area contributed by atoms with Crippen LogP contribution in [0, 0.1) is 50.2 Å². The zero-order valence-electron chi connectivity index (χ0n) is 44.6. The van der Waals surface area contributed by atoms with Crippen LogP contribution in [0.2, 0.25) is 0 Å². The van der Waals surface area contributed by atoms with Crippen molar-refractivity contribution in [3.63, 3.8) is 0 Å². The van der Waals surface area contributed by atoms with Crippen molar-refractivity contribution in [1.29, 1.82) is 0 Å². The van der Waals surface area contributed by atoms with Crippen LogP contribution >= 0.6 is 0 Å². The minimum atomic E-state index is -1.90. The third-order valence-corrected chi connectivity index (χ3v) is 22.4. The summed E-state index contributed by atoms with van der Waals surface area (Å²) in [6, 6.07) is 0. The third kappa shape index (κ3) is 8.44. The third-order valence-electron chi connectivity index (χ3n) is 22.4. The largest absolute Gasteiger partial charge is 0.394 e. The van der Waals surface area contributed by atoms with E-state index < -0.39 is 182 Å². The number of hydrogen-bond acceptors (Lipinski definition) is 23. The van der Waals surface area contributed by atoms with Crippen LogP contribution in [0.4, 0.5) is 0 Å². The molecule has 23 nitrogen and oxygen atoms in total. The van der Waals surface area contributed by atoms with E-state index in [0.29, 0.717) is 44.9 Å². The number of aliphatic hydroxyl groups is 13. The van der Waals surface area contributed by atoms with Gasteiger partial charge in [0.05, 0.1) is 49.1 Å². The van der Waals surface area contributed by atoms with Crippen molar-refractivity contribution in [1.82, 2.24) is 0 Å². The zero-order valence-corrected chi connectivity index (χ0v) is 44.6. The molecule has 13 N–H and O–H groups in total. The normalized spacial score (nSPS) is 58.9. The molecule has 0 radical (unpaired) electrons. The first-order valence-corrected chi connectivity index (χ1v) is 27.7. The van der Waals surface area contributed by atoms with Gasteiger partial charge in [-0.2, -0.15) is 0 Å². The molecule has 5 saturated heterocycles. The first kappa shape index (κ1) is 58.0. The molecule has 1 spiro atoms. The van der Waals surface area contributed by atoms with Crippen molar-refractivity contribution < 1.29 is 114 Å². The lowest BCUT2D eigenvalue weighted by Crippen LogP contribution is -2.74. The molecule has 76 heavy (non-hydrogen) atoms. The Morgan fingerprint density at radius 3 is 1.79 bits per heavy atom. The van der Waals surface area contributed by atoms with Crippen molar-refractivity contribution in [3.8, 4) is 0 Å². The summed E-state index contributed by atoms with van der Waals surface area (Å²) in [6.07, 6.45) is -26.4. The summed E-state index contributed by atoms with van der Waals surface area (Å²) in [4.78, 5) is 12.6. The summed E-state index contributed by atoms with van der Waals surface area (Å²) in [7, 11) is 0. The lowest BCUT2D eigenvalue weighted by Gasteiger charge is -2.75. The smallest absolute Gasteiger partial charge is 0.187 e. The van der Waals surface area contributed by atoms with Crippen LogP contribution in [0.15, 0.2) is 0 Å². The van der Waals surface area contributed by atoms with Gasteiger partial charge in [-0.1, -0.05) is 41.5 Å². The van der Waals surface area contributed by atoms with Crippen molar-refractivity contribution in [2.75, 3.05) is 19.8 Å². The minimum Gasteiger partial charge on any atom is -0.394 e. The lowest BCUT2D eigenvalue weighted by molar-refractivity contribution is -0.394. The highest BCUT2D eigenvalue weighted by Gasteiger charge is 2.82. The van der Waals surface area contributed by atoms with Crippen molar-refractivity contribution in [3.05, 3.63) is 0 Å². The molecule has 10 rings (SSSR count). The molecule has 0 aromatic rings. The standard InChI is InChI=1S/C53H86O23/c1-22-31(58)35(62)38(65)42(69-22)75-41-37(64)33(60)24(19-55)71-45(41)72-25-20-68-44(40(34(25)61)74-43-39(66)36(63)32(59)23(18-54)70-43)73-30-10-11-49(5)26(47(30,2)3)8-12-50(6)27(49)9-13-53-28-16-48(4,21-56)14-15-52(28,46(67)76-53)29(57)17-51(50,53)7/h21-46,54-55,57-67H,8-20H2,1-7H3/t22-,23+,24+,25-,26-,27+,28+,29+,30-,31-,32+,33+,34-,35+,36-,37-,38+,39+,40+,41+,42-,43-,44-,45-,46-,48-,49+,50+,51-,52?,53-/m0/s1. The van der Waals surface area contributed by atoms with E-state index in [4.69, 9.17) is 42.6 Å². The lowest BCUT2D eigenvalue weighted by atomic mass is 9.30. The molecule has 23 heteroatoms. The van der Waals surface area contributed by atoms with E-state index in [0.717, 1.165) is 25.5 Å². The van der Waals surface area contributed by atoms with E-state index in [1.54, 1.807) is 0 Å². The van der Waals surface area contributed by atoms with Gasteiger partial charge in [0.15, 0.2) is 31.5 Å².